The first-order valence-electron chi connectivity index (χ1n) is 13.1. The van der Waals surface area contributed by atoms with Gasteiger partial charge in [-0.3, -0.25) is 19.4 Å². The number of esters is 1. The van der Waals surface area contributed by atoms with Crippen LogP contribution in [0.1, 0.15) is 56.1 Å². The molecule has 0 radical (unpaired) electrons. The molecule has 0 spiro atoms. The Morgan fingerprint density at radius 3 is 2.48 bits per heavy atom. The Hall–Kier alpha value is -3.96. The van der Waals surface area contributed by atoms with E-state index in [1.807, 2.05) is 0 Å². The molecule has 1 heterocycles. The summed E-state index contributed by atoms with van der Waals surface area (Å²) in [5.41, 5.74) is 12.0. The molecule has 4 atom stereocenters. The van der Waals surface area contributed by atoms with Crippen LogP contribution in [0.5, 0.6) is 0 Å². The van der Waals surface area contributed by atoms with Gasteiger partial charge in [-0.05, 0) is 76.3 Å². The molecule has 0 aliphatic rings. The first-order valence-corrected chi connectivity index (χ1v) is 13.1. The van der Waals surface area contributed by atoms with Crippen molar-refractivity contribution in [1.29, 1.82) is 0 Å². The SMILES string of the molecule is CC(N)C(=O)OC(C)(C)CCC(CC(O)C(Cc1cccc(F)c1)NC(=O)c1cnc2ccccc2n1)C(N)=O. The molecule has 0 saturated carbocycles. The van der Waals surface area contributed by atoms with Crippen LogP contribution < -0.4 is 16.8 Å². The highest BCUT2D eigenvalue weighted by atomic mass is 19.1. The van der Waals surface area contributed by atoms with Crippen LogP contribution in [0.4, 0.5) is 4.39 Å². The van der Waals surface area contributed by atoms with Crippen LogP contribution in [0.3, 0.4) is 0 Å². The van der Waals surface area contributed by atoms with E-state index in [0.717, 1.165) is 0 Å². The third-order valence-corrected chi connectivity index (χ3v) is 6.58. The Morgan fingerprint density at radius 1 is 1.12 bits per heavy atom. The molecular weight excluding hydrogens is 517 g/mol. The molecule has 0 saturated heterocycles. The van der Waals surface area contributed by atoms with E-state index in [1.54, 1.807) is 44.2 Å². The average molecular weight is 554 g/mol. The Balaban J connectivity index is 1.77. The zero-order chi connectivity index (χ0) is 29.4. The normalized spacial score (nSPS) is 14.7. The smallest absolute Gasteiger partial charge is 0.323 e. The van der Waals surface area contributed by atoms with Gasteiger partial charge in [0.1, 0.15) is 23.2 Å². The number of rotatable bonds is 13. The molecule has 1 aromatic heterocycles. The molecule has 40 heavy (non-hydrogen) atoms. The molecule has 2 aromatic carbocycles. The number of aromatic nitrogens is 2. The second-order valence-electron chi connectivity index (χ2n) is 10.6. The lowest BCUT2D eigenvalue weighted by atomic mass is 9.87. The molecule has 0 aliphatic heterocycles. The molecule has 3 aromatic rings. The zero-order valence-electron chi connectivity index (χ0n) is 22.8. The van der Waals surface area contributed by atoms with Crippen molar-refractivity contribution in [3.8, 4) is 0 Å². The summed E-state index contributed by atoms with van der Waals surface area (Å²) in [6.07, 6.45) is 0.584. The number of ether oxygens (including phenoxy) is 1. The maximum Gasteiger partial charge on any atom is 0.323 e. The lowest BCUT2D eigenvalue weighted by molar-refractivity contribution is -0.158. The van der Waals surface area contributed by atoms with Crippen LogP contribution in [-0.4, -0.2) is 56.6 Å². The molecule has 10 nitrogen and oxygen atoms in total. The monoisotopic (exact) mass is 553 g/mol. The number of benzene rings is 2. The predicted molar refractivity (Wildman–Crippen MR) is 147 cm³/mol. The van der Waals surface area contributed by atoms with E-state index in [1.165, 1.54) is 31.3 Å². The maximum absolute atomic E-state index is 13.9. The number of hydrogen-bond acceptors (Lipinski definition) is 8. The third-order valence-electron chi connectivity index (χ3n) is 6.58. The summed E-state index contributed by atoms with van der Waals surface area (Å²) in [6, 6.07) is 11.2. The van der Waals surface area contributed by atoms with Crippen LogP contribution in [0.2, 0.25) is 0 Å². The lowest BCUT2D eigenvalue weighted by Gasteiger charge is -2.30. The Morgan fingerprint density at radius 2 is 1.82 bits per heavy atom. The zero-order valence-corrected chi connectivity index (χ0v) is 22.8. The van der Waals surface area contributed by atoms with Crippen molar-refractivity contribution in [3.05, 3.63) is 71.8 Å². The molecule has 3 rings (SSSR count). The molecule has 6 N–H and O–H groups in total. The largest absolute Gasteiger partial charge is 0.459 e. The quantitative estimate of drug-likeness (QED) is 0.234. The predicted octanol–water partition coefficient (Wildman–Crippen LogP) is 2.41. The number of carbonyl (C=O) groups is 3. The second kappa shape index (κ2) is 13.4. The first kappa shape index (κ1) is 30.6. The average Bonchev–Trinajstić information content (AvgIpc) is 2.89. The number of halogens is 1. The summed E-state index contributed by atoms with van der Waals surface area (Å²) < 4.78 is 19.3. The Labute approximate surface area is 232 Å². The minimum absolute atomic E-state index is 0.0410. The number of aliphatic hydroxyl groups is 1. The summed E-state index contributed by atoms with van der Waals surface area (Å²) in [7, 11) is 0. The van der Waals surface area contributed by atoms with Gasteiger partial charge < -0.3 is 26.6 Å². The van der Waals surface area contributed by atoms with Gasteiger partial charge in [0.05, 0.1) is 29.4 Å². The standard InChI is InChI=1S/C29H36FN5O5/c1-17(31)28(39)40-29(2,3)12-11-19(26(32)37)15-25(36)23(14-18-7-6-8-20(30)13-18)35-27(38)24-16-33-21-9-4-5-10-22(21)34-24/h4-10,13,16-17,19,23,25,36H,11-12,14-15,31H2,1-3H3,(H2,32,37)(H,35,38). The summed E-state index contributed by atoms with van der Waals surface area (Å²) >= 11 is 0. The maximum atomic E-state index is 13.9. The number of carbonyl (C=O) groups excluding carboxylic acids is 3. The van der Waals surface area contributed by atoms with Crippen molar-refractivity contribution in [3.63, 3.8) is 0 Å². The number of nitrogens with one attached hydrogen (secondary N) is 1. The van der Waals surface area contributed by atoms with Crippen molar-refractivity contribution in [2.24, 2.45) is 17.4 Å². The van der Waals surface area contributed by atoms with Gasteiger partial charge in [0, 0.05) is 5.92 Å². The lowest BCUT2D eigenvalue weighted by Crippen LogP contribution is -2.47. The summed E-state index contributed by atoms with van der Waals surface area (Å²) in [6.45, 7) is 4.90. The molecular formula is C29H36FN5O5. The van der Waals surface area contributed by atoms with Gasteiger partial charge in [0.25, 0.3) is 5.91 Å². The fourth-order valence-electron chi connectivity index (χ4n) is 4.28. The van der Waals surface area contributed by atoms with E-state index in [-0.39, 0.29) is 31.4 Å². The Bertz CT molecular complexity index is 1350. The minimum Gasteiger partial charge on any atom is -0.459 e. The molecule has 2 amide bonds. The van der Waals surface area contributed by atoms with E-state index in [4.69, 9.17) is 16.2 Å². The highest BCUT2D eigenvalue weighted by molar-refractivity contribution is 5.94. The van der Waals surface area contributed by atoms with Gasteiger partial charge in [-0.1, -0.05) is 24.3 Å². The summed E-state index contributed by atoms with van der Waals surface area (Å²) in [4.78, 5) is 46.0. The van der Waals surface area contributed by atoms with Gasteiger partial charge in [-0.2, -0.15) is 0 Å². The van der Waals surface area contributed by atoms with Crippen molar-refractivity contribution in [2.75, 3.05) is 0 Å². The summed E-state index contributed by atoms with van der Waals surface area (Å²) in [5.74, 6) is -3.06. The molecule has 0 aliphatic carbocycles. The molecule has 11 heteroatoms. The second-order valence-corrected chi connectivity index (χ2v) is 10.6. The van der Waals surface area contributed by atoms with Gasteiger partial charge in [0.2, 0.25) is 5.91 Å². The van der Waals surface area contributed by atoms with E-state index < -0.39 is 53.3 Å². The molecule has 4 unspecified atom stereocenters. The van der Waals surface area contributed by atoms with Crippen molar-refractivity contribution < 1.29 is 28.6 Å². The minimum atomic E-state index is -1.23. The third kappa shape index (κ3) is 8.78. The molecule has 0 fully saturated rings. The first-order chi connectivity index (χ1) is 18.8. The number of para-hydroxylation sites is 2. The molecule has 214 valence electrons. The van der Waals surface area contributed by atoms with Crippen LogP contribution in [0.25, 0.3) is 11.0 Å². The fourth-order valence-corrected chi connectivity index (χ4v) is 4.28. The van der Waals surface area contributed by atoms with E-state index >= 15 is 0 Å². The van der Waals surface area contributed by atoms with Crippen LogP contribution in [0.15, 0.2) is 54.7 Å². The topological polar surface area (TPSA) is 171 Å². The van der Waals surface area contributed by atoms with Crippen LogP contribution in [-0.2, 0) is 20.7 Å². The molecule has 0 bridgehead atoms. The van der Waals surface area contributed by atoms with Crippen molar-refractivity contribution >= 4 is 28.8 Å². The van der Waals surface area contributed by atoms with E-state index in [0.29, 0.717) is 16.6 Å². The van der Waals surface area contributed by atoms with Gasteiger partial charge in [0.15, 0.2) is 0 Å². The van der Waals surface area contributed by atoms with Gasteiger partial charge in [-0.25, -0.2) is 9.37 Å². The van der Waals surface area contributed by atoms with Crippen molar-refractivity contribution in [2.45, 2.75) is 70.2 Å². The number of primary amides is 1. The Kier molecular flexibility index (Phi) is 10.2. The van der Waals surface area contributed by atoms with Crippen LogP contribution >= 0.6 is 0 Å². The number of nitrogens with two attached hydrogens (primary N) is 2. The number of amides is 2. The van der Waals surface area contributed by atoms with E-state index in [9.17, 15) is 23.9 Å². The van der Waals surface area contributed by atoms with E-state index in [2.05, 4.69) is 15.3 Å². The summed E-state index contributed by atoms with van der Waals surface area (Å²) in [5, 5.41) is 14.0. The fraction of sp³-hybridized carbons (Fsp3) is 0.414. The number of fused-ring (bicyclic) bond motifs is 1. The number of hydrogen-bond donors (Lipinski definition) is 4. The number of nitrogens with zero attached hydrogens (tertiary/aromatic N) is 2. The van der Waals surface area contributed by atoms with Crippen LogP contribution in [0, 0.1) is 11.7 Å². The van der Waals surface area contributed by atoms with Gasteiger partial charge in [-0.15, -0.1) is 0 Å². The highest BCUT2D eigenvalue weighted by Gasteiger charge is 2.31. The van der Waals surface area contributed by atoms with Crippen molar-refractivity contribution in [1.82, 2.24) is 15.3 Å². The van der Waals surface area contributed by atoms with Gasteiger partial charge >= 0.3 is 5.97 Å². The highest BCUT2D eigenvalue weighted by Crippen LogP contribution is 2.25. The number of aliphatic hydroxyl groups excluding tert-OH is 1.